The summed E-state index contributed by atoms with van der Waals surface area (Å²) in [5, 5.41) is 0. The Morgan fingerprint density at radius 1 is 1.25 bits per heavy atom. The molecule has 1 heterocycles. The molecule has 0 unspecified atom stereocenters. The van der Waals surface area contributed by atoms with Crippen LogP contribution in [0.15, 0.2) is 29.2 Å². The Balaban J connectivity index is 2.34. The van der Waals surface area contributed by atoms with Gasteiger partial charge in [0, 0.05) is 18.8 Å². The molecule has 5 nitrogen and oxygen atoms in total. The molecule has 0 aromatic heterocycles. The largest absolute Gasteiger partial charge is 0.324 e. The molecule has 0 radical (unpaired) electrons. The van der Waals surface area contributed by atoms with Crippen LogP contribution in [0, 0.1) is 0 Å². The maximum Gasteiger partial charge on any atom is 0.243 e. The van der Waals surface area contributed by atoms with E-state index in [-0.39, 0.29) is 0 Å². The summed E-state index contributed by atoms with van der Waals surface area (Å²) in [6, 6.07) is 6.54. The molecule has 1 aromatic carbocycles. The number of nitrogens with one attached hydrogen (secondary N) is 1. The SMILES string of the molecule is NNc1cccc(S(=O)(=O)N2CCCC2)c1. The van der Waals surface area contributed by atoms with E-state index in [0.717, 1.165) is 12.8 Å². The molecule has 0 aliphatic carbocycles. The molecule has 1 saturated heterocycles. The van der Waals surface area contributed by atoms with Gasteiger partial charge in [-0.1, -0.05) is 6.07 Å². The molecule has 0 amide bonds. The molecular weight excluding hydrogens is 226 g/mol. The van der Waals surface area contributed by atoms with Crippen LogP contribution in [0.4, 0.5) is 5.69 Å². The standard InChI is InChI=1S/C10H15N3O2S/c11-12-9-4-3-5-10(8-9)16(14,15)13-6-1-2-7-13/h3-5,8,12H,1-2,6-7,11H2. The van der Waals surface area contributed by atoms with Crippen LogP contribution >= 0.6 is 0 Å². The van der Waals surface area contributed by atoms with Crippen molar-refractivity contribution >= 4 is 15.7 Å². The van der Waals surface area contributed by atoms with Gasteiger partial charge in [-0.05, 0) is 31.0 Å². The van der Waals surface area contributed by atoms with Gasteiger partial charge in [-0.2, -0.15) is 4.31 Å². The molecule has 1 fully saturated rings. The van der Waals surface area contributed by atoms with Gasteiger partial charge in [0.05, 0.1) is 4.90 Å². The van der Waals surface area contributed by atoms with Gasteiger partial charge in [-0.25, -0.2) is 8.42 Å². The molecular formula is C10H15N3O2S. The molecule has 0 atom stereocenters. The zero-order valence-electron chi connectivity index (χ0n) is 8.89. The van der Waals surface area contributed by atoms with Crippen molar-refractivity contribution in [2.24, 2.45) is 5.84 Å². The fraction of sp³-hybridized carbons (Fsp3) is 0.400. The molecule has 1 aromatic rings. The zero-order chi connectivity index (χ0) is 11.6. The van der Waals surface area contributed by atoms with Gasteiger partial charge in [0.2, 0.25) is 10.0 Å². The minimum Gasteiger partial charge on any atom is -0.324 e. The smallest absolute Gasteiger partial charge is 0.243 e. The number of hydrogen-bond acceptors (Lipinski definition) is 4. The van der Waals surface area contributed by atoms with E-state index in [9.17, 15) is 8.42 Å². The highest BCUT2D eigenvalue weighted by atomic mass is 32.2. The average molecular weight is 241 g/mol. The number of nitrogens with two attached hydrogens (primary N) is 1. The number of benzene rings is 1. The van der Waals surface area contributed by atoms with Gasteiger partial charge < -0.3 is 5.43 Å². The molecule has 6 heteroatoms. The molecule has 0 bridgehead atoms. The quantitative estimate of drug-likeness (QED) is 0.605. The Bertz CT molecular complexity index is 467. The van der Waals surface area contributed by atoms with Crippen molar-refractivity contribution in [2.75, 3.05) is 18.5 Å². The highest BCUT2D eigenvalue weighted by molar-refractivity contribution is 7.89. The maximum atomic E-state index is 12.2. The lowest BCUT2D eigenvalue weighted by molar-refractivity contribution is 0.477. The Morgan fingerprint density at radius 3 is 2.56 bits per heavy atom. The summed E-state index contributed by atoms with van der Waals surface area (Å²) in [7, 11) is -3.33. The first-order valence-electron chi connectivity index (χ1n) is 5.21. The zero-order valence-corrected chi connectivity index (χ0v) is 9.70. The van der Waals surface area contributed by atoms with Crippen molar-refractivity contribution in [2.45, 2.75) is 17.7 Å². The van der Waals surface area contributed by atoms with Gasteiger partial charge in [0.25, 0.3) is 0 Å². The molecule has 1 aliphatic heterocycles. The molecule has 0 spiro atoms. The van der Waals surface area contributed by atoms with Crippen LogP contribution < -0.4 is 11.3 Å². The van der Waals surface area contributed by atoms with Crippen molar-refractivity contribution in [3.8, 4) is 0 Å². The van der Waals surface area contributed by atoms with Crippen LogP contribution in [0.5, 0.6) is 0 Å². The van der Waals surface area contributed by atoms with Gasteiger partial charge >= 0.3 is 0 Å². The minimum atomic E-state index is -3.33. The van der Waals surface area contributed by atoms with Crippen molar-refractivity contribution in [1.82, 2.24) is 4.31 Å². The monoisotopic (exact) mass is 241 g/mol. The highest BCUT2D eigenvalue weighted by Crippen LogP contribution is 2.22. The van der Waals surface area contributed by atoms with Crippen LogP contribution in [0.1, 0.15) is 12.8 Å². The van der Waals surface area contributed by atoms with E-state index in [1.807, 2.05) is 0 Å². The van der Waals surface area contributed by atoms with E-state index in [2.05, 4.69) is 5.43 Å². The van der Waals surface area contributed by atoms with Crippen LogP contribution in [0.25, 0.3) is 0 Å². The maximum absolute atomic E-state index is 12.2. The van der Waals surface area contributed by atoms with E-state index in [1.165, 1.54) is 4.31 Å². The third-order valence-electron chi connectivity index (χ3n) is 2.70. The van der Waals surface area contributed by atoms with Crippen molar-refractivity contribution < 1.29 is 8.42 Å². The van der Waals surface area contributed by atoms with Gasteiger partial charge in [-0.15, -0.1) is 0 Å². The first-order valence-corrected chi connectivity index (χ1v) is 6.65. The second-order valence-corrected chi connectivity index (χ2v) is 5.72. The van der Waals surface area contributed by atoms with Crippen LogP contribution in [-0.4, -0.2) is 25.8 Å². The molecule has 16 heavy (non-hydrogen) atoms. The van der Waals surface area contributed by atoms with E-state index in [0.29, 0.717) is 23.7 Å². The number of anilines is 1. The Morgan fingerprint density at radius 2 is 1.94 bits per heavy atom. The second kappa shape index (κ2) is 4.40. The lowest BCUT2D eigenvalue weighted by atomic mass is 10.3. The minimum absolute atomic E-state index is 0.296. The number of rotatable bonds is 3. The van der Waals surface area contributed by atoms with Crippen molar-refractivity contribution in [3.05, 3.63) is 24.3 Å². The van der Waals surface area contributed by atoms with Gasteiger partial charge in [-0.3, -0.25) is 5.84 Å². The first kappa shape index (κ1) is 11.4. The number of hydrazine groups is 1. The fourth-order valence-corrected chi connectivity index (χ4v) is 3.39. The summed E-state index contributed by atoms with van der Waals surface area (Å²) in [5.41, 5.74) is 3.04. The summed E-state index contributed by atoms with van der Waals surface area (Å²) in [6.07, 6.45) is 1.88. The van der Waals surface area contributed by atoms with Gasteiger partial charge in [0.15, 0.2) is 0 Å². The van der Waals surface area contributed by atoms with Gasteiger partial charge in [0.1, 0.15) is 0 Å². The topological polar surface area (TPSA) is 75.4 Å². The third-order valence-corrected chi connectivity index (χ3v) is 4.60. The number of nitrogen functional groups attached to an aromatic ring is 1. The fourth-order valence-electron chi connectivity index (χ4n) is 1.82. The van der Waals surface area contributed by atoms with E-state index < -0.39 is 10.0 Å². The van der Waals surface area contributed by atoms with E-state index >= 15 is 0 Å². The number of hydrogen-bond donors (Lipinski definition) is 2. The second-order valence-electron chi connectivity index (χ2n) is 3.78. The number of nitrogens with zero attached hydrogens (tertiary/aromatic N) is 1. The molecule has 2 rings (SSSR count). The third kappa shape index (κ3) is 2.04. The molecule has 1 aliphatic rings. The average Bonchev–Trinajstić information content (AvgIpc) is 2.83. The summed E-state index contributed by atoms with van der Waals surface area (Å²) in [5.74, 6) is 5.26. The highest BCUT2D eigenvalue weighted by Gasteiger charge is 2.26. The first-order chi connectivity index (χ1) is 7.64. The van der Waals surface area contributed by atoms with Crippen molar-refractivity contribution in [3.63, 3.8) is 0 Å². The lowest BCUT2D eigenvalue weighted by Crippen LogP contribution is -2.27. The molecule has 0 saturated carbocycles. The Kier molecular flexibility index (Phi) is 3.13. The summed E-state index contributed by atoms with van der Waals surface area (Å²) < 4.78 is 25.8. The summed E-state index contributed by atoms with van der Waals surface area (Å²) >= 11 is 0. The summed E-state index contributed by atoms with van der Waals surface area (Å²) in [4.78, 5) is 0.296. The lowest BCUT2D eigenvalue weighted by Gasteiger charge is -2.15. The molecule has 88 valence electrons. The number of sulfonamides is 1. The van der Waals surface area contributed by atoms with Crippen LogP contribution in [0.3, 0.4) is 0 Å². The van der Waals surface area contributed by atoms with E-state index in [1.54, 1.807) is 24.3 Å². The van der Waals surface area contributed by atoms with Crippen molar-refractivity contribution in [1.29, 1.82) is 0 Å². The van der Waals surface area contributed by atoms with Crippen LogP contribution in [-0.2, 0) is 10.0 Å². The molecule has 3 N–H and O–H groups in total. The van der Waals surface area contributed by atoms with E-state index in [4.69, 9.17) is 5.84 Å². The Hall–Kier alpha value is -1.11. The van der Waals surface area contributed by atoms with Crippen LogP contribution in [0.2, 0.25) is 0 Å². The predicted octanol–water partition coefficient (Wildman–Crippen LogP) is 0.757. The Labute approximate surface area is 95.3 Å². The predicted molar refractivity (Wildman–Crippen MR) is 62.2 cm³/mol. The summed E-state index contributed by atoms with van der Waals surface area (Å²) in [6.45, 7) is 1.23. The normalized spacial score (nSPS) is 17.6.